The predicted molar refractivity (Wildman–Crippen MR) is 69.2 cm³/mol. The summed E-state index contributed by atoms with van der Waals surface area (Å²) in [6.45, 7) is 1.65. The van der Waals surface area contributed by atoms with Crippen LogP contribution in [0.3, 0.4) is 0 Å². The first-order valence-corrected chi connectivity index (χ1v) is 6.63. The van der Waals surface area contributed by atoms with E-state index >= 15 is 0 Å². The molecule has 0 saturated heterocycles. The lowest BCUT2D eigenvalue weighted by Crippen LogP contribution is -2.27. The second kappa shape index (κ2) is 4.80. The molecule has 0 aliphatic rings. The van der Waals surface area contributed by atoms with E-state index in [1.807, 2.05) is 36.6 Å². The third kappa shape index (κ3) is 2.44. The van der Waals surface area contributed by atoms with Crippen LogP contribution < -0.4 is 5.11 Å². The van der Waals surface area contributed by atoms with Crippen molar-refractivity contribution in [2.45, 2.75) is 17.7 Å². The van der Waals surface area contributed by atoms with Crippen LogP contribution in [-0.2, 0) is 4.79 Å². The minimum Gasteiger partial charge on any atom is -0.550 e. The molecule has 2 nitrogen and oxygen atoms in total. The van der Waals surface area contributed by atoms with Gasteiger partial charge in [0.25, 0.3) is 0 Å². The molecule has 3 heteroatoms. The molecule has 0 spiro atoms. The Bertz CT molecular complexity index is 563. The molecule has 88 valence electrons. The van der Waals surface area contributed by atoms with Gasteiger partial charge in [0.05, 0.1) is 0 Å². The molecular weight excluding hydrogens is 232 g/mol. The van der Waals surface area contributed by atoms with Crippen LogP contribution in [0, 0.1) is 0 Å². The van der Waals surface area contributed by atoms with Gasteiger partial charge in [-0.3, -0.25) is 0 Å². The van der Waals surface area contributed by atoms with Crippen LogP contribution in [0.25, 0.3) is 10.8 Å². The standard InChI is InChI=1S/C14H14O2S/c1-9(14(15)16)10-3-4-12-8-13(17-2)6-5-11(12)7-10/h3-9H,1-2H3,(H,15,16)/p-1. The average molecular weight is 245 g/mol. The highest BCUT2D eigenvalue weighted by Crippen LogP contribution is 2.25. The van der Waals surface area contributed by atoms with E-state index in [-0.39, 0.29) is 0 Å². The van der Waals surface area contributed by atoms with Crippen molar-refractivity contribution in [1.29, 1.82) is 0 Å². The first kappa shape index (κ1) is 12.0. The van der Waals surface area contributed by atoms with Crippen LogP contribution in [0.4, 0.5) is 0 Å². The van der Waals surface area contributed by atoms with Gasteiger partial charge in [-0.1, -0.05) is 31.2 Å². The van der Waals surface area contributed by atoms with E-state index in [1.54, 1.807) is 18.7 Å². The fraction of sp³-hybridized carbons (Fsp3) is 0.214. The number of carboxylic acid groups (broad SMARTS) is 1. The predicted octanol–water partition coefficient (Wildman–Crippen LogP) is 2.42. The van der Waals surface area contributed by atoms with E-state index in [0.29, 0.717) is 0 Å². The number of hydrogen-bond acceptors (Lipinski definition) is 3. The number of rotatable bonds is 3. The zero-order chi connectivity index (χ0) is 12.4. The Morgan fingerprint density at radius 1 is 1.18 bits per heavy atom. The van der Waals surface area contributed by atoms with Gasteiger partial charge in [0, 0.05) is 16.8 Å². The van der Waals surface area contributed by atoms with Crippen molar-refractivity contribution in [2.24, 2.45) is 0 Å². The quantitative estimate of drug-likeness (QED) is 0.780. The van der Waals surface area contributed by atoms with Gasteiger partial charge in [0.1, 0.15) is 0 Å². The summed E-state index contributed by atoms with van der Waals surface area (Å²) in [5.74, 6) is -1.61. The van der Waals surface area contributed by atoms with Crippen LogP contribution in [-0.4, -0.2) is 12.2 Å². The van der Waals surface area contributed by atoms with E-state index in [1.165, 1.54) is 4.90 Å². The average Bonchev–Trinajstić information content (AvgIpc) is 2.36. The smallest absolute Gasteiger partial charge is 0.0486 e. The first-order valence-electron chi connectivity index (χ1n) is 5.40. The third-order valence-corrected chi connectivity index (χ3v) is 3.65. The summed E-state index contributed by atoms with van der Waals surface area (Å²) < 4.78 is 0. The summed E-state index contributed by atoms with van der Waals surface area (Å²) in [4.78, 5) is 12.0. The molecule has 0 N–H and O–H groups in total. The number of carboxylic acids is 1. The van der Waals surface area contributed by atoms with E-state index in [4.69, 9.17) is 0 Å². The summed E-state index contributed by atoms with van der Waals surface area (Å²) in [7, 11) is 0. The van der Waals surface area contributed by atoms with Gasteiger partial charge < -0.3 is 9.90 Å². The molecule has 2 rings (SSSR count). The summed E-state index contributed by atoms with van der Waals surface area (Å²) in [5.41, 5.74) is 0.786. The molecule has 0 radical (unpaired) electrons. The van der Waals surface area contributed by atoms with Crippen molar-refractivity contribution in [3.63, 3.8) is 0 Å². The van der Waals surface area contributed by atoms with Gasteiger partial charge in [0.2, 0.25) is 0 Å². The molecule has 0 bridgehead atoms. The van der Waals surface area contributed by atoms with Crippen molar-refractivity contribution in [3.05, 3.63) is 42.0 Å². The molecule has 0 aliphatic carbocycles. The minimum atomic E-state index is -1.04. The minimum absolute atomic E-state index is 0.570. The van der Waals surface area contributed by atoms with E-state index in [2.05, 4.69) is 6.07 Å². The number of aliphatic carboxylic acids is 1. The van der Waals surface area contributed by atoms with Crippen LogP contribution >= 0.6 is 11.8 Å². The molecule has 2 aromatic carbocycles. The van der Waals surface area contributed by atoms with Crippen molar-refractivity contribution >= 4 is 28.5 Å². The highest BCUT2D eigenvalue weighted by molar-refractivity contribution is 7.98. The number of thioether (sulfide) groups is 1. The molecule has 0 heterocycles. The fourth-order valence-electron chi connectivity index (χ4n) is 1.77. The lowest BCUT2D eigenvalue weighted by Gasteiger charge is -2.13. The first-order chi connectivity index (χ1) is 8.11. The van der Waals surface area contributed by atoms with Crippen LogP contribution in [0.15, 0.2) is 41.3 Å². The largest absolute Gasteiger partial charge is 0.550 e. The fourth-order valence-corrected chi connectivity index (χ4v) is 2.22. The van der Waals surface area contributed by atoms with Crippen LogP contribution in [0.5, 0.6) is 0 Å². The Morgan fingerprint density at radius 2 is 1.82 bits per heavy atom. The lowest BCUT2D eigenvalue weighted by molar-refractivity contribution is -0.307. The number of hydrogen-bond donors (Lipinski definition) is 0. The summed E-state index contributed by atoms with van der Waals surface area (Å²) in [5, 5.41) is 13.0. The number of benzene rings is 2. The molecule has 1 atom stereocenters. The summed E-state index contributed by atoms with van der Waals surface area (Å²) >= 11 is 1.69. The molecular formula is C14H13O2S-. The highest BCUT2D eigenvalue weighted by atomic mass is 32.2. The maximum absolute atomic E-state index is 10.8. The van der Waals surface area contributed by atoms with E-state index < -0.39 is 11.9 Å². The molecule has 0 aliphatic heterocycles. The highest BCUT2D eigenvalue weighted by Gasteiger charge is 2.07. The SMILES string of the molecule is CSc1ccc2cc(C(C)C(=O)[O-])ccc2c1. The second-order valence-electron chi connectivity index (χ2n) is 4.01. The van der Waals surface area contributed by atoms with Gasteiger partial charge in [0.15, 0.2) is 0 Å². The van der Waals surface area contributed by atoms with Crippen molar-refractivity contribution in [3.8, 4) is 0 Å². The molecule has 2 aromatic rings. The molecule has 0 amide bonds. The van der Waals surface area contributed by atoms with Gasteiger partial charge in [-0.25, -0.2) is 0 Å². The molecule has 1 unspecified atom stereocenters. The second-order valence-corrected chi connectivity index (χ2v) is 4.89. The zero-order valence-electron chi connectivity index (χ0n) is 9.77. The Morgan fingerprint density at radius 3 is 2.47 bits per heavy atom. The maximum atomic E-state index is 10.8. The Balaban J connectivity index is 2.48. The zero-order valence-corrected chi connectivity index (χ0v) is 10.6. The van der Waals surface area contributed by atoms with Gasteiger partial charge in [-0.05, 0) is 34.7 Å². The van der Waals surface area contributed by atoms with Gasteiger partial charge in [-0.15, -0.1) is 11.8 Å². The van der Waals surface area contributed by atoms with Crippen LogP contribution in [0.2, 0.25) is 0 Å². The Hall–Kier alpha value is -1.48. The lowest BCUT2D eigenvalue weighted by atomic mass is 9.98. The van der Waals surface area contributed by atoms with Gasteiger partial charge >= 0.3 is 0 Å². The molecule has 0 aromatic heterocycles. The third-order valence-electron chi connectivity index (χ3n) is 2.93. The Labute approximate surface area is 105 Å². The molecule has 0 saturated carbocycles. The van der Waals surface area contributed by atoms with Gasteiger partial charge in [-0.2, -0.15) is 0 Å². The molecule has 0 fully saturated rings. The number of carbonyl (C=O) groups is 1. The van der Waals surface area contributed by atoms with Crippen molar-refractivity contribution in [1.82, 2.24) is 0 Å². The summed E-state index contributed by atoms with van der Waals surface area (Å²) in [6.07, 6.45) is 2.04. The number of carbonyl (C=O) groups excluding carboxylic acids is 1. The van der Waals surface area contributed by atoms with E-state index in [0.717, 1.165) is 16.3 Å². The Kier molecular flexibility index (Phi) is 3.38. The maximum Gasteiger partial charge on any atom is 0.0486 e. The van der Waals surface area contributed by atoms with Crippen LogP contribution in [0.1, 0.15) is 18.4 Å². The summed E-state index contributed by atoms with van der Waals surface area (Å²) in [6, 6.07) is 11.9. The topological polar surface area (TPSA) is 40.1 Å². The van der Waals surface area contributed by atoms with Crippen molar-refractivity contribution < 1.29 is 9.90 Å². The monoisotopic (exact) mass is 245 g/mol. The van der Waals surface area contributed by atoms with Crippen molar-refractivity contribution in [2.75, 3.05) is 6.26 Å². The van der Waals surface area contributed by atoms with E-state index in [9.17, 15) is 9.90 Å². The molecule has 17 heavy (non-hydrogen) atoms. The number of fused-ring (bicyclic) bond motifs is 1. The normalized spacial score (nSPS) is 12.6.